The van der Waals surface area contributed by atoms with Crippen molar-refractivity contribution in [3.8, 4) is 0 Å². The van der Waals surface area contributed by atoms with Gasteiger partial charge in [-0.1, -0.05) is 19.9 Å². The number of carbonyl (C=O) groups excluding carboxylic acids is 2. The Morgan fingerprint density at radius 3 is 2.22 bits per heavy atom. The Bertz CT molecular complexity index is 333. The number of aliphatic hydroxyl groups is 1. The minimum Gasteiger partial charge on any atom is -0.356 e. The third-order valence-corrected chi connectivity index (χ3v) is 2.75. The molecule has 4 amide bonds. The third kappa shape index (κ3) is 2.64. The van der Waals surface area contributed by atoms with E-state index in [0.717, 1.165) is 6.42 Å². The number of hydrogen-bond donors (Lipinski definition) is 1. The molecule has 0 radical (unpaired) electrons. The lowest BCUT2D eigenvalue weighted by Gasteiger charge is -2.44. The zero-order valence-corrected chi connectivity index (χ0v) is 11.0. The highest BCUT2D eigenvalue weighted by atomic mass is 16.3. The fraction of sp³-hybridized carbons (Fsp3) is 0.667. The van der Waals surface area contributed by atoms with Gasteiger partial charge in [-0.05, 0) is 12.8 Å². The molecular formula is C12H21N3O3. The quantitative estimate of drug-likeness (QED) is 0.730. The molecular weight excluding hydrogens is 234 g/mol. The Morgan fingerprint density at radius 1 is 1.17 bits per heavy atom. The molecule has 1 heterocycles. The molecule has 1 aliphatic heterocycles. The summed E-state index contributed by atoms with van der Waals surface area (Å²) in [4.78, 5) is 27.9. The molecule has 1 saturated heterocycles. The van der Waals surface area contributed by atoms with Crippen LogP contribution in [-0.4, -0.2) is 57.9 Å². The first-order chi connectivity index (χ1) is 8.58. The standard InChI is InChI=1S/C12H21N3O3/c1-4-7-13-10(16)14(8-5-2)12(18)15(9-6-3)11(13)17/h4,10,16H,1,5-9H2,2-3H3. The number of imide groups is 1. The van der Waals surface area contributed by atoms with E-state index in [-0.39, 0.29) is 6.54 Å². The Hall–Kier alpha value is -1.56. The molecule has 0 aromatic carbocycles. The fourth-order valence-corrected chi connectivity index (χ4v) is 1.94. The van der Waals surface area contributed by atoms with E-state index in [0.29, 0.717) is 19.5 Å². The molecule has 0 bridgehead atoms. The van der Waals surface area contributed by atoms with Crippen LogP contribution < -0.4 is 0 Å². The highest BCUT2D eigenvalue weighted by Gasteiger charge is 2.41. The number of aliphatic hydroxyl groups excluding tert-OH is 1. The van der Waals surface area contributed by atoms with Gasteiger partial charge in [0, 0.05) is 19.6 Å². The van der Waals surface area contributed by atoms with Gasteiger partial charge in [0.15, 0.2) is 0 Å². The van der Waals surface area contributed by atoms with Gasteiger partial charge in [-0.2, -0.15) is 0 Å². The molecule has 1 fully saturated rings. The van der Waals surface area contributed by atoms with Crippen LogP contribution in [0.2, 0.25) is 0 Å². The molecule has 1 aliphatic rings. The van der Waals surface area contributed by atoms with Crippen molar-refractivity contribution < 1.29 is 14.7 Å². The van der Waals surface area contributed by atoms with Crippen molar-refractivity contribution in [1.29, 1.82) is 0 Å². The van der Waals surface area contributed by atoms with Crippen molar-refractivity contribution in [1.82, 2.24) is 14.7 Å². The van der Waals surface area contributed by atoms with Crippen molar-refractivity contribution in [3.05, 3.63) is 12.7 Å². The summed E-state index contributed by atoms with van der Waals surface area (Å²) in [6, 6.07) is -0.877. The smallest absolute Gasteiger partial charge is 0.331 e. The summed E-state index contributed by atoms with van der Waals surface area (Å²) in [6.07, 6.45) is 1.75. The molecule has 0 saturated carbocycles. The predicted octanol–water partition coefficient (Wildman–Crippen LogP) is 1.43. The van der Waals surface area contributed by atoms with Crippen LogP contribution >= 0.6 is 0 Å². The number of hydrogen-bond acceptors (Lipinski definition) is 3. The Morgan fingerprint density at radius 2 is 1.72 bits per heavy atom. The summed E-state index contributed by atoms with van der Waals surface area (Å²) in [5.74, 6) is 0. The van der Waals surface area contributed by atoms with E-state index in [1.165, 1.54) is 20.8 Å². The molecule has 6 nitrogen and oxygen atoms in total. The Kier molecular flexibility index (Phi) is 5.15. The largest absolute Gasteiger partial charge is 0.356 e. The van der Waals surface area contributed by atoms with Crippen molar-refractivity contribution in [2.24, 2.45) is 0 Å². The second-order valence-electron chi connectivity index (χ2n) is 4.20. The van der Waals surface area contributed by atoms with Gasteiger partial charge < -0.3 is 5.11 Å². The van der Waals surface area contributed by atoms with E-state index in [2.05, 4.69) is 6.58 Å². The lowest BCUT2D eigenvalue weighted by atomic mass is 10.3. The topological polar surface area (TPSA) is 64.1 Å². The van der Waals surface area contributed by atoms with E-state index < -0.39 is 18.4 Å². The summed E-state index contributed by atoms with van der Waals surface area (Å²) in [7, 11) is 0. The van der Waals surface area contributed by atoms with Crippen LogP contribution in [0.25, 0.3) is 0 Å². The second kappa shape index (κ2) is 6.39. The van der Waals surface area contributed by atoms with E-state index in [4.69, 9.17) is 0 Å². The van der Waals surface area contributed by atoms with Crippen LogP contribution in [0.15, 0.2) is 12.7 Å². The normalized spacial score (nSPS) is 20.6. The monoisotopic (exact) mass is 255 g/mol. The zero-order valence-electron chi connectivity index (χ0n) is 11.0. The van der Waals surface area contributed by atoms with Crippen molar-refractivity contribution in [3.63, 3.8) is 0 Å². The molecule has 1 unspecified atom stereocenters. The minimum absolute atomic E-state index is 0.216. The molecule has 0 aromatic heterocycles. The molecule has 6 heteroatoms. The van der Waals surface area contributed by atoms with E-state index in [1.54, 1.807) is 0 Å². The predicted molar refractivity (Wildman–Crippen MR) is 67.7 cm³/mol. The van der Waals surface area contributed by atoms with Crippen molar-refractivity contribution in [2.75, 3.05) is 19.6 Å². The lowest BCUT2D eigenvalue weighted by Crippen LogP contribution is -2.66. The fourth-order valence-electron chi connectivity index (χ4n) is 1.94. The minimum atomic E-state index is -1.20. The van der Waals surface area contributed by atoms with Crippen LogP contribution in [0.4, 0.5) is 9.59 Å². The molecule has 0 aliphatic carbocycles. The lowest BCUT2D eigenvalue weighted by molar-refractivity contribution is -0.0885. The van der Waals surface area contributed by atoms with Crippen LogP contribution in [0, 0.1) is 0 Å². The molecule has 1 rings (SSSR count). The maximum absolute atomic E-state index is 12.1. The number of carbonyl (C=O) groups is 2. The first kappa shape index (κ1) is 14.5. The van der Waals surface area contributed by atoms with E-state index >= 15 is 0 Å². The number of rotatable bonds is 6. The van der Waals surface area contributed by atoms with Gasteiger partial charge in [0.1, 0.15) is 0 Å². The summed E-state index contributed by atoms with van der Waals surface area (Å²) >= 11 is 0. The first-order valence-electron chi connectivity index (χ1n) is 6.26. The second-order valence-corrected chi connectivity index (χ2v) is 4.20. The van der Waals surface area contributed by atoms with E-state index in [1.807, 2.05) is 13.8 Å². The van der Waals surface area contributed by atoms with Crippen LogP contribution in [0.1, 0.15) is 26.7 Å². The van der Waals surface area contributed by atoms with E-state index in [9.17, 15) is 14.7 Å². The van der Waals surface area contributed by atoms with Gasteiger partial charge in [-0.15, -0.1) is 6.58 Å². The summed E-state index contributed by atoms with van der Waals surface area (Å²) in [5.41, 5.74) is 0. The summed E-state index contributed by atoms with van der Waals surface area (Å²) in [5, 5.41) is 10.1. The van der Waals surface area contributed by atoms with Crippen LogP contribution in [0.3, 0.4) is 0 Å². The van der Waals surface area contributed by atoms with Gasteiger partial charge in [0.05, 0.1) is 0 Å². The molecule has 1 N–H and O–H groups in total. The average Bonchev–Trinajstić information content (AvgIpc) is 2.35. The summed E-state index contributed by atoms with van der Waals surface area (Å²) < 4.78 is 0. The zero-order chi connectivity index (χ0) is 13.7. The van der Waals surface area contributed by atoms with Gasteiger partial charge in [-0.25, -0.2) is 14.5 Å². The van der Waals surface area contributed by atoms with Gasteiger partial charge in [0.2, 0.25) is 6.35 Å². The van der Waals surface area contributed by atoms with Gasteiger partial charge in [0.25, 0.3) is 0 Å². The molecule has 1 atom stereocenters. The number of amides is 4. The highest BCUT2D eigenvalue weighted by Crippen LogP contribution is 2.18. The maximum Gasteiger partial charge on any atom is 0.331 e. The maximum atomic E-state index is 12.1. The van der Waals surface area contributed by atoms with Crippen LogP contribution in [-0.2, 0) is 0 Å². The van der Waals surface area contributed by atoms with Crippen molar-refractivity contribution >= 4 is 12.1 Å². The molecule has 0 spiro atoms. The third-order valence-electron chi connectivity index (χ3n) is 2.75. The number of urea groups is 2. The van der Waals surface area contributed by atoms with Gasteiger partial charge >= 0.3 is 12.1 Å². The first-order valence-corrected chi connectivity index (χ1v) is 6.26. The summed E-state index contributed by atoms with van der Waals surface area (Å²) in [6.45, 7) is 8.36. The Labute approximate surface area is 107 Å². The SMILES string of the molecule is C=CCN1C(=O)N(CCC)C(=O)N(CCC)C1O. The molecule has 0 aromatic rings. The molecule has 18 heavy (non-hydrogen) atoms. The van der Waals surface area contributed by atoms with Crippen LogP contribution in [0.5, 0.6) is 0 Å². The average molecular weight is 255 g/mol. The number of nitrogens with zero attached hydrogens (tertiary/aromatic N) is 3. The van der Waals surface area contributed by atoms with Crippen molar-refractivity contribution in [2.45, 2.75) is 33.0 Å². The highest BCUT2D eigenvalue weighted by molar-refractivity contribution is 5.96. The molecule has 102 valence electrons. The van der Waals surface area contributed by atoms with Gasteiger partial charge in [-0.3, -0.25) is 9.80 Å². The Balaban J connectivity index is 2.97.